The van der Waals surface area contributed by atoms with Crippen molar-refractivity contribution in [3.8, 4) is 0 Å². The van der Waals surface area contributed by atoms with Gasteiger partial charge in [-0.2, -0.15) is 0 Å². The quantitative estimate of drug-likeness (QED) is 0.768. The van der Waals surface area contributed by atoms with Crippen molar-refractivity contribution in [2.24, 2.45) is 0 Å². The molecule has 0 spiro atoms. The zero-order valence-electron chi connectivity index (χ0n) is 11.7. The first-order valence-electron chi connectivity index (χ1n) is 7.24. The van der Waals surface area contributed by atoms with Gasteiger partial charge < -0.3 is 4.42 Å². The van der Waals surface area contributed by atoms with Gasteiger partial charge in [0.2, 0.25) is 0 Å². The van der Waals surface area contributed by atoms with Gasteiger partial charge in [0.15, 0.2) is 11.2 Å². The summed E-state index contributed by atoms with van der Waals surface area (Å²) in [5.74, 6) is 0.0251. The van der Waals surface area contributed by atoms with Crippen molar-refractivity contribution in [1.29, 1.82) is 0 Å². The molecule has 1 N–H and O–H groups in total. The molecule has 19 heavy (non-hydrogen) atoms. The summed E-state index contributed by atoms with van der Waals surface area (Å²) in [6.45, 7) is 4.40. The first kappa shape index (κ1) is 13.8. The zero-order chi connectivity index (χ0) is 13.7. The van der Waals surface area contributed by atoms with Crippen LogP contribution in [0.4, 0.5) is 0 Å². The molecule has 1 unspecified atom stereocenters. The SMILES string of the molecule is CCCCCCC(CC)c1ccnc2[nH]c(=O)oc12. The third-order valence-corrected chi connectivity index (χ3v) is 3.69. The Balaban J connectivity index is 2.18. The summed E-state index contributed by atoms with van der Waals surface area (Å²) in [4.78, 5) is 18.0. The van der Waals surface area contributed by atoms with Gasteiger partial charge in [-0.1, -0.05) is 39.5 Å². The van der Waals surface area contributed by atoms with Crippen molar-refractivity contribution < 1.29 is 4.42 Å². The van der Waals surface area contributed by atoms with E-state index < -0.39 is 5.76 Å². The summed E-state index contributed by atoms with van der Waals surface area (Å²) >= 11 is 0. The fraction of sp³-hybridized carbons (Fsp3) is 0.600. The second kappa shape index (κ2) is 6.55. The molecule has 0 bridgehead atoms. The Morgan fingerprint density at radius 2 is 2.16 bits per heavy atom. The molecule has 0 aliphatic rings. The molecular formula is C15H22N2O2. The van der Waals surface area contributed by atoms with Crippen LogP contribution in [0.25, 0.3) is 11.2 Å². The molecule has 0 aromatic carbocycles. The molecule has 0 aliphatic carbocycles. The van der Waals surface area contributed by atoms with Crippen molar-refractivity contribution in [3.05, 3.63) is 28.4 Å². The lowest BCUT2D eigenvalue weighted by atomic mass is 9.91. The maximum Gasteiger partial charge on any atom is 0.418 e. The van der Waals surface area contributed by atoms with Gasteiger partial charge in [0.05, 0.1) is 0 Å². The van der Waals surface area contributed by atoms with E-state index in [0.717, 1.165) is 18.4 Å². The zero-order valence-corrected chi connectivity index (χ0v) is 11.7. The summed E-state index contributed by atoms with van der Waals surface area (Å²) < 4.78 is 5.24. The molecule has 4 nitrogen and oxygen atoms in total. The van der Waals surface area contributed by atoms with Crippen LogP contribution >= 0.6 is 0 Å². The van der Waals surface area contributed by atoms with E-state index in [0.29, 0.717) is 17.1 Å². The van der Waals surface area contributed by atoms with E-state index in [1.165, 1.54) is 25.7 Å². The monoisotopic (exact) mass is 262 g/mol. The number of aromatic nitrogens is 2. The Kier molecular flexibility index (Phi) is 4.77. The average Bonchev–Trinajstić information content (AvgIpc) is 2.79. The number of rotatable bonds is 7. The second-order valence-corrected chi connectivity index (χ2v) is 5.05. The summed E-state index contributed by atoms with van der Waals surface area (Å²) in [7, 11) is 0. The molecule has 1 atom stereocenters. The van der Waals surface area contributed by atoms with E-state index >= 15 is 0 Å². The number of hydrogen-bond acceptors (Lipinski definition) is 3. The number of oxazole rings is 1. The van der Waals surface area contributed by atoms with Crippen LogP contribution in [-0.2, 0) is 0 Å². The molecule has 0 amide bonds. The first-order chi connectivity index (χ1) is 9.26. The van der Waals surface area contributed by atoms with Crippen molar-refractivity contribution in [1.82, 2.24) is 9.97 Å². The molecule has 2 heterocycles. The average molecular weight is 262 g/mol. The summed E-state index contributed by atoms with van der Waals surface area (Å²) in [5, 5.41) is 0. The smallest absolute Gasteiger partial charge is 0.406 e. The largest absolute Gasteiger partial charge is 0.418 e. The van der Waals surface area contributed by atoms with Gasteiger partial charge in [-0.25, -0.2) is 9.78 Å². The summed E-state index contributed by atoms with van der Waals surface area (Å²) in [5.41, 5.74) is 2.31. The number of nitrogens with one attached hydrogen (secondary N) is 1. The van der Waals surface area contributed by atoms with Gasteiger partial charge in [-0.15, -0.1) is 0 Å². The molecule has 104 valence electrons. The Hall–Kier alpha value is -1.58. The Morgan fingerprint density at radius 3 is 2.89 bits per heavy atom. The minimum atomic E-state index is -0.421. The number of aromatic amines is 1. The fourth-order valence-electron chi connectivity index (χ4n) is 2.59. The van der Waals surface area contributed by atoms with E-state index in [1.54, 1.807) is 6.20 Å². The molecule has 0 radical (unpaired) electrons. The number of unbranched alkanes of at least 4 members (excludes halogenated alkanes) is 3. The third kappa shape index (κ3) is 3.25. The highest BCUT2D eigenvalue weighted by Gasteiger charge is 2.16. The molecular weight excluding hydrogens is 240 g/mol. The molecule has 2 aromatic rings. The van der Waals surface area contributed by atoms with Gasteiger partial charge in [-0.3, -0.25) is 4.98 Å². The van der Waals surface area contributed by atoms with Crippen LogP contribution < -0.4 is 5.76 Å². The fourth-order valence-corrected chi connectivity index (χ4v) is 2.59. The maximum absolute atomic E-state index is 11.3. The minimum absolute atomic E-state index is 0.421. The van der Waals surface area contributed by atoms with E-state index in [2.05, 4.69) is 23.8 Å². The number of fused-ring (bicyclic) bond motifs is 1. The van der Waals surface area contributed by atoms with Crippen molar-refractivity contribution in [2.75, 3.05) is 0 Å². The van der Waals surface area contributed by atoms with E-state index in [1.807, 2.05) is 6.07 Å². The molecule has 2 aromatic heterocycles. The third-order valence-electron chi connectivity index (χ3n) is 3.69. The summed E-state index contributed by atoms with van der Waals surface area (Å²) in [6.07, 6.45) is 9.00. The standard InChI is InChI=1S/C15H22N2O2/c1-3-5-6-7-8-11(4-2)12-9-10-16-14-13(12)19-15(18)17-14/h9-11H,3-8H2,1-2H3,(H,16,17,18). The summed E-state index contributed by atoms with van der Waals surface area (Å²) in [6, 6.07) is 1.98. The second-order valence-electron chi connectivity index (χ2n) is 5.05. The van der Waals surface area contributed by atoms with E-state index in [-0.39, 0.29) is 0 Å². The number of H-pyrrole nitrogens is 1. The minimum Gasteiger partial charge on any atom is -0.406 e. The molecule has 0 fully saturated rings. The van der Waals surface area contributed by atoms with E-state index in [4.69, 9.17) is 4.42 Å². The Morgan fingerprint density at radius 1 is 1.32 bits per heavy atom. The van der Waals surface area contributed by atoms with Gasteiger partial charge in [-0.05, 0) is 24.8 Å². The van der Waals surface area contributed by atoms with Crippen LogP contribution in [0.3, 0.4) is 0 Å². The van der Waals surface area contributed by atoms with Crippen LogP contribution in [0.2, 0.25) is 0 Å². The van der Waals surface area contributed by atoms with Crippen molar-refractivity contribution in [2.45, 2.75) is 58.3 Å². The number of nitrogens with zero attached hydrogens (tertiary/aromatic N) is 1. The van der Waals surface area contributed by atoms with Gasteiger partial charge in [0.1, 0.15) is 0 Å². The maximum atomic E-state index is 11.3. The highest BCUT2D eigenvalue weighted by atomic mass is 16.4. The van der Waals surface area contributed by atoms with Crippen LogP contribution in [0.5, 0.6) is 0 Å². The Labute approximate surface area is 113 Å². The first-order valence-corrected chi connectivity index (χ1v) is 7.24. The van der Waals surface area contributed by atoms with Crippen LogP contribution in [0, 0.1) is 0 Å². The van der Waals surface area contributed by atoms with Crippen molar-refractivity contribution in [3.63, 3.8) is 0 Å². The number of pyridine rings is 1. The van der Waals surface area contributed by atoms with Crippen LogP contribution in [0.1, 0.15) is 63.9 Å². The van der Waals surface area contributed by atoms with Crippen LogP contribution in [-0.4, -0.2) is 9.97 Å². The predicted octanol–water partition coefficient (Wildman–Crippen LogP) is 3.98. The molecule has 2 rings (SSSR count). The van der Waals surface area contributed by atoms with Crippen LogP contribution in [0.15, 0.2) is 21.5 Å². The topological polar surface area (TPSA) is 58.9 Å². The molecule has 0 saturated carbocycles. The molecule has 0 saturated heterocycles. The predicted molar refractivity (Wildman–Crippen MR) is 76.4 cm³/mol. The molecule has 4 heteroatoms. The van der Waals surface area contributed by atoms with Gasteiger partial charge in [0, 0.05) is 11.8 Å². The molecule has 0 aliphatic heterocycles. The highest BCUT2D eigenvalue weighted by molar-refractivity contribution is 5.71. The Bertz CT molecular complexity index is 571. The highest BCUT2D eigenvalue weighted by Crippen LogP contribution is 2.30. The lowest BCUT2D eigenvalue weighted by Crippen LogP contribution is -1.99. The van der Waals surface area contributed by atoms with Crippen molar-refractivity contribution >= 4 is 11.2 Å². The normalized spacial score (nSPS) is 12.9. The number of hydrogen-bond donors (Lipinski definition) is 1. The van der Waals surface area contributed by atoms with E-state index in [9.17, 15) is 4.79 Å². The lowest BCUT2D eigenvalue weighted by Gasteiger charge is -2.14. The van der Waals surface area contributed by atoms with Gasteiger partial charge in [0.25, 0.3) is 0 Å². The lowest BCUT2D eigenvalue weighted by molar-refractivity contribution is 0.520. The van der Waals surface area contributed by atoms with Gasteiger partial charge >= 0.3 is 5.76 Å².